The van der Waals surface area contributed by atoms with Crippen LogP contribution in [-0.4, -0.2) is 81.6 Å². The second kappa shape index (κ2) is 14.1. The lowest BCUT2D eigenvalue weighted by molar-refractivity contribution is -0.122. The topological polar surface area (TPSA) is 72.0 Å². The molecular weight excluding hydrogens is 515 g/mol. The summed E-state index contributed by atoms with van der Waals surface area (Å²) in [6, 6.07) is 8.51. The van der Waals surface area contributed by atoms with Gasteiger partial charge in [-0.1, -0.05) is 23.7 Å². The Labute approximate surface area is 203 Å². The van der Waals surface area contributed by atoms with Crippen LogP contribution in [0.15, 0.2) is 29.3 Å². The SMILES string of the molecule is CCNC(=NCC(c1ccc(Cl)cc1)N(C)C)NC1CCN(CC(=O)NC)CC1.I. The molecule has 1 aliphatic heterocycles. The molecule has 1 unspecified atom stereocenters. The maximum Gasteiger partial charge on any atom is 0.233 e. The summed E-state index contributed by atoms with van der Waals surface area (Å²) in [6.45, 7) is 5.84. The van der Waals surface area contributed by atoms with Gasteiger partial charge < -0.3 is 20.9 Å². The number of benzene rings is 1. The molecule has 0 spiro atoms. The second-order valence-electron chi connectivity index (χ2n) is 7.62. The number of carbonyl (C=O) groups is 1. The Bertz CT molecular complexity index is 662. The molecule has 1 saturated heterocycles. The number of guanidine groups is 1. The maximum absolute atomic E-state index is 11.6. The predicted molar refractivity (Wildman–Crippen MR) is 136 cm³/mol. The molecule has 1 fully saturated rings. The fourth-order valence-corrected chi connectivity index (χ4v) is 3.59. The van der Waals surface area contributed by atoms with Crippen molar-refractivity contribution >= 4 is 47.4 Å². The Morgan fingerprint density at radius 3 is 2.43 bits per heavy atom. The largest absolute Gasteiger partial charge is 0.358 e. The van der Waals surface area contributed by atoms with Gasteiger partial charge in [-0.2, -0.15) is 0 Å². The predicted octanol–water partition coefficient (Wildman–Crippen LogP) is 2.33. The maximum atomic E-state index is 11.6. The van der Waals surface area contributed by atoms with Gasteiger partial charge in [0.2, 0.25) is 5.91 Å². The lowest BCUT2D eigenvalue weighted by Gasteiger charge is -2.32. The lowest BCUT2D eigenvalue weighted by Crippen LogP contribution is -2.50. The van der Waals surface area contributed by atoms with E-state index in [1.165, 1.54) is 5.56 Å². The second-order valence-corrected chi connectivity index (χ2v) is 8.05. The van der Waals surface area contributed by atoms with Crippen LogP contribution in [0.4, 0.5) is 0 Å². The Morgan fingerprint density at radius 2 is 1.90 bits per heavy atom. The number of aliphatic imine (C=N–C) groups is 1. The van der Waals surface area contributed by atoms with E-state index in [2.05, 4.69) is 58.9 Å². The number of halogens is 2. The van der Waals surface area contributed by atoms with Gasteiger partial charge in [-0.25, -0.2) is 0 Å². The average molecular weight is 551 g/mol. The molecule has 170 valence electrons. The molecule has 3 N–H and O–H groups in total. The summed E-state index contributed by atoms with van der Waals surface area (Å²) < 4.78 is 0. The third-order valence-corrected chi connectivity index (χ3v) is 5.47. The van der Waals surface area contributed by atoms with Gasteiger partial charge in [-0.3, -0.25) is 14.7 Å². The van der Waals surface area contributed by atoms with E-state index in [1.54, 1.807) is 7.05 Å². The Morgan fingerprint density at radius 1 is 1.27 bits per heavy atom. The molecular formula is C21H36ClIN6O. The Hall–Kier alpha value is -1.10. The fraction of sp³-hybridized carbons (Fsp3) is 0.619. The number of likely N-dealkylation sites (N-methyl/N-ethyl adjacent to an activating group) is 2. The van der Waals surface area contributed by atoms with Crippen LogP contribution in [-0.2, 0) is 4.79 Å². The first-order chi connectivity index (χ1) is 13.9. The van der Waals surface area contributed by atoms with Gasteiger partial charge in [-0.05, 0) is 51.6 Å². The fourth-order valence-electron chi connectivity index (χ4n) is 3.46. The highest BCUT2D eigenvalue weighted by Crippen LogP contribution is 2.21. The normalized spacial score (nSPS) is 16.7. The molecule has 1 heterocycles. The molecule has 30 heavy (non-hydrogen) atoms. The van der Waals surface area contributed by atoms with Gasteiger partial charge in [-0.15, -0.1) is 24.0 Å². The van der Waals surface area contributed by atoms with Crippen LogP contribution in [0.3, 0.4) is 0 Å². The third kappa shape index (κ3) is 8.95. The molecule has 0 radical (unpaired) electrons. The highest BCUT2D eigenvalue weighted by molar-refractivity contribution is 14.0. The zero-order valence-electron chi connectivity index (χ0n) is 18.4. The molecule has 0 saturated carbocycles. The van der Waals surface area contributed by atoms with Crippen LogP contribution in [0.5, 0.6) is 0 Å². The lowest BCUT2D eigenvalue weighted by atomic mass is 10.1. The zero-order chi connectivity index (χ0) is 21.2. The van der Waals surface area contributed by atoms with Crippen LogP contribution < -0.4 is 16.0 Å². The first kappa shape index (κ1) is 26.9. The van der Waals surface area contributed by atoms with E-state index in [-0.39, 0.29) is 35.9 Å². The molecule has 7 nitrogen and oxygen atoms in total. The Balaban J connectivity index is 0.00000450. The molecule has 1 amide bonds. The first-order valence-corrected chi connectivity index (χ1v) is 10.7. The first-order valence-electron chi connectivity index (χ1n) is 10.3. The van der Waals surface area contributed by atoms with Crippen molar-refractivity contribution in [3.05, 3.63) is 34.9 Å². The van der Waals surface area contributed by atoms with E-state index in [9.17, 15) is 4.79 Å². The minimum atomic E-state index is 0. The van der Waals surface area contributed by atoms with Gasteiger partial charge in [0.1, 0.15) is 0 Å². The van der Waals surface area contributed by atoms with Crippen molar-refractivity contribution in [1.29, 1.82) is 0 Å². The molecule has 0 aliphatic carbocycles. The number of nitrogens with zero attached hydrogens (tertiary/aromatic N) is 3. The third-order valence-electron chi connectivity index (χ3n) is 5.22. The number of hydrogen-bond acceptors (Lipinski definition) is 4. The Kier molecular flexibility index (Phi) is 12.6. The quantitative estimate of drug-likeness (QED) is 0.263. The van der Waals surface area contributed by atoms with Crippen molar-refractivity contribution in [2.45, 2.75) is 31.8 Å². The van der Waals surface area contributed by atoms with E-state index in [0.29, 0.717) is 19.1 Å². The summed E-state index contributed by atoms with van der Waals surface area (Å²) in [5.41, 5.74) is 1.20. The monoisotopic (exact) mass is 550 g/mol. The molecule has 1 aliphatic rings. The van der Waals surface area contributed by atoms with Crippen molar-refractivity contribution in [3.63, 3.8) is 0 Å². The molecule has 1 aromatic carbocycles. The van der Waals surface area contributed by atoms with Crippen molar-refractivity contribution in [1.82, 2.24) is 25.8 Å². The zero-order valence-corrected chi connectivity index (χ0v) is 21.5. The number of carbonyl (C=O) groups excluding carboxylic acids is 1. The van der Waals surface area contributed by atoms with E-state index >= 15 is 0 Å². The molecule has 1 aromatic rings. The molecule has 0 bridgehead atoms. The van der Waals surface area contributed by atoms with Crippen LogP contribution in [0.1, 0.15) is 31.4 Å². The average Bonchev–Trinajstić information content (AvgIpc) is 2.70. The number of likely N-dealkylation sites (tertiary alicyclic amines) is 1. The standard InChI is InChI=1S/C21H35ClN6O.HI/c1-5-24-21(26-18-10-12-28(13-11-18)15-20(29)23-2)25-14-19(27(3)4)16-6-8-17(22)9-7-16;/h6-9,18-19H,5,10-15H2,1-4H3,(H,23,29)(H2,24,25,26);1H. The summed E-state index contributed by atoms with van der Waals surface area (Å²) in [5.74, 6) is 0.918. The van der Waals surface area contributed by atoms with Crippen molar-refractivity contribution in [3.8, 4) is 0 Å². The molecule has 1 atom stereocenters. The van der Waals surface area contributed by atoms with E-state index in [1.807, 2.05) is 12.1 Å². The number of amides is 1. The van der Waals surface area contributed by atoms with Gasteiger partial charge in [0, 0.05) is 37.7 Å². The minimum absolute atomic E-state index is 0. The summed E-state index contributed by atoms with van der Waals surface area (Å²) in [4.78, 5) is 20.8. The minimum Gasteiger partial charge on any atom is -0.358 e. The molecule has 0 aromatic heterocycles. The van der Waals surface area contributed by atoms with E-state index in [4.69, 9.17) is 16.6 Å². The number of rotatable bonds is 8. The summed E-state index contributed by atoms with van der Waals surface area (Å²) in [6.07, 6.45) is 1.99. The van der Waals surface area contributed by atoms with Crippen LogP contribution in [0, 0.1) is 0 Å². The summed E-state index contributed by atoms with van der Waals surface area (Å²) >= 11 is 6.03. The number of piperidine rings is 1. The molecule has 9 heteroatoms. The van der Waals surface area contributed by atoms with Gasteiger partial charge in [0.05, 0.1) is 19.1 Å². The van der Waals surface area contributed by atoms with Crippen molar-refractivity contribution in [2.24, 2.45) is 4.99 Å². The van der Waals surface area contributed by atoms with Crippen molar-refractivity contribution in [2.75, 3.05) is 53.9 Å². The summed E-state index contributed by atoms with van der Waals surface area (Å²) in [5, 5.41) is 10.4. The number of hydrogen-bond donors (Lipinski definition) is 3. The summed E-state index contributed by atoms with van der Waals surface area (Å²) in [7, 11) is 5.81. The van der Waals surface area contributed by atoms with Gasteiger partial charge in [0.25, 0.3) is 0 Å². The number of nitrogens with one attached hydrogen (secondary N) is 3. The van der Waals surface area contributed by atoms with Gasteiger partial charge in [0.15, 0.2) is 5.96 Å². The van der Waals surface area contributed by atoms with Crippen LogP contribution >= 0.6 is 35.6 Å². The van der Waals surface area contributed by atoms with Gasteiger partial charge >= 0.3 is 0 Å². The van der Waals surface area contributed by atoms with E-state index in [0.717, 1.165) is 43.5 Å². The van der Waals surface area contributed by atoms with Crippen LogP contribution in [0.2, 0.25) is 5.02 Å². The highest BCUT2D eigenvalue weighted by atomic mass is 127. The smallest absolute Gasteiger partial charge is 0.233 e. The highest BCUT2D eigenvalue weighted by Gasteiger charge is 2.21. The molecule has 2 rings (SSSR count). The van der Waals surface area contributed by atoms with Crippen molar-refractivity contribution < 1.29 is 4.79 Å². The van der Waals surface area contributed by atoms with E-state index < -0.39 is 0 Å². The van der Waals surface area contributed by atoms with Crippen LogP contribution in [0.25, 0.3) is 0 Å².